The van der Waals surface area contributed by atoms with Gasteiger partial charge < -0.3 is 4.74 Å². The standard InChI is InChI=1S/C17H17N3O4S/c1-4-13-15(25(22,23)12-8-6-5-7-9-12)16-18-14(17(21)24-3)10-11(2)20(16)19-13/h5-10H,4H2,1-3H3. The molecule has 8 heteroatoms. The average Bonchev–Trinajstić information content (AvgIpc) is 3.01. The maximum Gasteiger partial charge on any atom is 0.356 e. The fraction of sp³-hybridized carbons (Fsp3) is 0.235. The van der Waals surface area contributed by atoms with E-state index in [1.807, 2.05) is 6.92 Å². The number of ether oxygens (including phenoxy) is 1. The summed E-state index contributed by atoms with van der Waals surface area (Å²) in [6.07, 6.45) is 0.414. The minimum atomic E-state index is -3.83. The first-order chi connectivity index (χ1) is 11.9. The van der Waals surface area contributed by atoms with E-state index in [4.69, 9.17) is 4.74 Å². The van der Waals surface area contributed by atoms with Crippen LogP contribution in [0.5, 0.6) is 0 Å². The minimum Gasteiger partial charge on any atom is -0.464 e. The molecule has 25 heavy (non-hydrogen) atoms. The number of fused-ring (bicyclic) bond motifs is 1. The molecule has 0 N–H and O–H groups in total. The van der Waals surface area contributed by atoms with Crippen LogP contribution in [-0.2, 0) is 21.0 Å². The summed E-state index contributed by atoms with van der Waals surface area (Å²) < 4.78 is 32.4. The molecule has 0 aliphatic rings. The Morgan fingerprint density at radius 1 is 1.24 bits per heavy atom. The Balaban J connectivity index is 2.37. The predicted octanol–water partition coefficient (Wildman–Crippen LogP) is 2.22. The summed E-state index contributed by atoms with van der Waals surface area (Å²) in [7, 11) is -2.58. The van der Waals surface area contributed by atoms with E-state index in [2.05, 4.69) is 10.1 Å². The van der Waals surface area contributed by atoms with E-state index < -0.39 is 15.8 Å². The number of aryl methyl sites for hydroxylation is 2. The number of hydrogen-bond donors (Lipinski definition) is 0. The lowest BCUT2D eigenvalue weighted by Crippen LogP contribution is -2.10. The Bertz CT molecular complexity index is 1060. The molecule has 0 aliphatic heterocycles. The van der Waals surface area contributed by atoms with Gasteiger partial charge in [-0.3, -0.25) is 0 Å². The fourth-order valence-electron chi connectivity index (χ4n) is 2.62. The van der Waals surface area contributed by atoms with E-state index in [1.165, 1.54) is 29.8 Å². The highest BCUT2D eigenvalue weighted by Gasteiger charge is 2.29. The first-order valence-electron chi connectivity index (χ1n) is 7.67. The molecule has 0 aliphatic carbocycles. The van der Waals surface area contributed by atoms with Gasteiger partial charge in [0.15, 0.2) is 11.3 Å². The number of esters is 1. The smallest absolute Gasteiger partial charge is 0.356 e. The molecule has 2 heterocycles. The number of rotatable bonds is 4. The molecule has 0 atom stereocenters. The molecule has 130 valence electrons. The average molecular weight is 359 g/mol. The van der Waals surface area contributed by atoms with Gasteiger partial charge in [0.1, 0.15) is 4.90 Å². The molecule has 7 nitrogen and oxygen atoms in total. The number of nitrogens with zero attached hydrogens (tertiary/aromatic N) is 3. The molecule has 2 aromatic heterocycles. The Labute approximate surface area is 145 Å². The molecular weight excluding hydrogens is 342 g/mol. The van der Waals surface area contributed by atoms with Gasteiger partial charge in [0.05, 0.1) is 17.7 Å². The van der Waals surface area contributed by atoms with Crippen molar-refractivity contribution in [3.63, 3.8) is 0 Å². The van der Waals surface area contributed by atoms with Crippen LogP contribution in [-0.4, -0.2) is 36.1 Å². The number of carbonyl (C=O) groups is 1. The van der Waals surface area contributed by atoms with Gasteiger partial charge in [-0.25, -0.2) is 22.7 Å². The third kappa shape index (κ3) is 2.78. The van der Waals surface area contributed by atoms with Gasteiger partial charge in [0.2, 0.25) is 9.84 Å². The minimum absolute atomic E-state index is 0.0232. The number of aromatic nitrogens is 3. The molecule has 3 aromatic rings. The molecule has 0 fully saturated rings. The zero-order valence-corrected chi connectivity index (χ0v) is 14.9. The SMILES string of the molecule is CCc1nn2c(C)cc(C(=O)OC)nc2c1S(=O)(=O)c1ccccc1. The number of benzene rings is 1. The second-order valence-electron chi connectivity index (χ2n) is 5.46. The maximum absolute atomic E-state index is 13.1. The van der Waals surface area contributed by atoms with Crippen molar-refractivity contribution < 1.29 is 17.9 Å². The molecule has 0 unspecified atom stereocenters. The van der Waals surface area contributed by atoms with Gasteiger partial charge in [0.25, 0.3) is 0 Å². The summed E-state index contributed by atoms with van der Waals surface area (Å²) in [5, 5.41) is 4.37. The first-order valence-corrected chi connectivity index (χ1v) is 9.16. The van der Waals surface area contributed by atoms with Gasteiger partial charge >= 0.3 is 5.97 Å². The van der Waals surface area contributed by atoms with E-state index in [9.17, 15) is 13.2 Å². The van der Waals surface area contributed by atoms with Gasteiger partial charge in [-0.05, 0) is 31.5 Å². The Kier molecular flexibility index (Phi) is 4.30. The zero-order valence-electron chi connectivity index (χ0n) is 14.1. The van der Waals surface area contributed by atoms with Crippen LogP contribution in [0.1, 0.15) is 28.8 Å². The summed E-state index contributed by atoms with van der Waals surface area (Å²) in [6.45, 7) is 3.55. The quantitative estimate of drug-likeness (QED) is 0.664. The number of hydrogen-bond acceptors (Lipinski definition) is 6. The third-order valence-corrected chi connectivity index (χ3v) is 5.69. The number of carbonyl (C=O) groups excluding carboxylic acids is 1. The maximum atomic E-state index is 13.1. The van der Waals surface area contributed by atoms with Crippen molar-refractivity contribution in [3.8, 4) is 0 Å². The van der Waals surface area contributed by atoms with Gasteiger partial charge in [-0.15, -0.1) is 0 Å². The van der Waals surface area contributed by atoms with Crippen molar-refractivity contribution in [1.82, 2.24) is 14.6 Å². The highest BCUT2D eigenvalue weighted by Crippen LogP contribution is 2.28. The van der Waals surface area contributed by atoms with Crippen LogP contribution in [0.3, 0.4) is 0 Å². The largest absolute Gasteiger partial charge is 0.464 e. The van der Waals surface area contributed by atoms with E-state index in [0.29, 0.717) is 17.8 Å². The van der Waals surface area contributed by atoms with E-state index in [1.54, 1.807) is 25.1 Å². The Morgan fingerprint density at radius 2 is 1.92 bits per heavy atom. The molecule has 1 aromatic carbocycles. The van der Waals surface area contributed by atoms with Crippen molar-refractivity contribution >= 4 is 21.5 Å². The predicted molar refractivity (Wildman–Crippen MR) is 90.3 cm³/mol. The molecule has 0 saturated carbocycles. The van der Waals surface area contributed by atoms with Crippen LogP contribution < -0.4 is 0 Å². The highest BCUT2D eigenvalue weighted by molar-refractivity contribution is 7.91. The molecular formula is C17H17N3O4S. The normalized spacial score (nSPS) is 11.6. The van der Waals surface area contributed by atoms with E-state index in [-0.39, 0.29) is 21.1 Å². The zero-order chi connectivity index (χ0) is 18.2. The number of sulfone groups is 1. The summed E-state index contributed by atoms with van der Waals surface area (Å²) in [4.78, 5) is 16.2. The van der Waals surface area contributed by atoms with Crippen molar-refractivity contribution in [2.75, 3.05) is 7.11 Å². The molecule has 3 rings (SSSR count). The van der Waals surface area contributed by atoms with Crippen molar-refractivity contribution in [3.05, 3.63) is 53.5 Å². The Morgan fingerprint density at radius 3 is 2.52 bits per heavy atom. The van der Waals surface area contributed by atoms with Crippen LogP contribution in [0, 0.1) is 6.92 Å². The molecule has 0 amide bonds. The topological polar surface area (TPSA) is 90.6 Å². The molecule has 0 spiro atoms. The summed E-state index contributed by atoms with van der Waals surface area (Å²) in [5.41, 5.74) is 1.16. The second kappa shape index (κ2) is 6.29. The lowest BCUT2D eigenvalue weighted by atomic mass is 10.3. The molecule has 0 saturated heterocycles. The van der Waals surface area contributed by atoms with Crippen LogP contribution in [0.4, 0.5) is 0 Å². The van der Waals surface area contributed by atoms with E-state index >= 15 is 0 Å². The van der Waals surface area contributed by atoms with Crippen LogP contribution in [0.25, 0.3) is 5.65 Å². The monoisotopic (exact) mass is 359 g/mol. The first kappa shape index (κ1) is 17.1. The lowest BCUT2D eigenvalue weighted by molar-refractivity contribution is 0.0594. The summed E-state index contributed by atoms with van der Waals surface area (Å²) >= 11 is 0. The molecule has 0 bridgehead atoms. The van der Waals surface area contributed by atoms with Crippen molar-refractivity contribution in [2.45, 2.75) is 30.1 Å². The van der Waals surface area contributed by atoms with Gasteiger partial charge in [-0.1, -0.05) is 25.1 Å². The van der Waals surface area contributed by atoms with Crippen LogP contribution in [0.15, 0.2) is 46.2 Å². The van der Waals surface area contributed by atoms with Gasteiger partial charge in [-0.2, -0.15) is 5.10 Å². The van der Waals surface area contributed by atoms with Crippen LogP contribution in [0.2, 0.25) is 0 Å². The summed E-state index contributed by atoms with van der Waals surface area (Å²) in [5.74, 6) is -0.632. The fourth-order valence-corrected chi connectivity index (χ4v) is 4.24. The summed E-state index contributed by atoms with van der Waals surface area (Å²) in [6, 6.07) is 9.62. The van der Waals surface area contributed by atoms with Crippen molar-refractivity contribution in [2.24, 2.45) is 0 Å². The highest BCUT2D eigenvalue weighted by atomic mass is 32.2. The van der Waals surface area contributed by atoms with Crippen molar-refractivity contribution in [1.29, 1.82) is 0 Å². The van der Waals surface area contributed by atoms with Gasteiger partial charge in [0, 0.05) is 5.69 Å². The molecule has 0 radical (unpaired) electrons. The van der Waals surface area contributed by atoms with Crippen LogP contribution >= 0.6 is 0 Å². The Hall–Kier alpha value is -2.74. The van der Waals surface area contributed by atoms with E-state index in [0.717, 1.165) is 0 Å². The lowest BCUT2D eigenvalue weighted by Gasteiger charge is -2.06. The second-order valence-corrected chi connectivity index (χ2v) is 7.34. The third-order valence-electron chi connectivity index (χ3n) is 3.84. The number of methoxy groups -OCH3 is 1.